The summed E-state index contributed by atoms with van der Waals surface area (Å²) >= 11 is 0. The van der Waals surface area contributed by atoms with E-state index < -0.39 is 6.23 Å². The molecule has 2 aromatic carbocycles. The third kappa shape index (κ3) is 4.12. The fraction of sp³-hybridized carbons (Fsp3) is 0.200. The molecule has 1 aliphatic heterocycles. The van der Waals surface area contributed by atoms with Crippen molar-refractivity contribution in [3.8, 4) is 22.7 Å². The minimum Gasteiger partial charge on any atom is -0.508 e. The molecule has 3 heterocycles. The zero-order valence-corrected chi connectivity index (χ0v) is 18.0. The lowest BCUT2D eigenvalue weighted by molar-refractivity contribution is -0.128. The number of ether oxygens (including phenoxy) is 1. The highest BCUT2D eigenvalue weighted by atomic mass is 19.1. The van der Waals surface area contributed by atoms with Crippen LogP contribution in [0.1, 0.15) is 22.9 Å². The number of nitrogens with one attached hydrogen (secondary N) is 1. The number of phenols is 1. The predicted molar refractivity (Wildman–Crippen MR) is 120 cm³/mol. The molecule has 4 aromatic rings. The van der Waals surface area contributed by atoms with E-state index >= 15 is 0 Å². The second-order valence-corrected chi connectivity index (χ2v) is 8.08. The summed E-state index contributed by atoms with van der Waals surface area (Å²) in [4.78, 5) is 17.4. The van der Waals surface area contributed by atoms with Crippen LogP contribution in [-0.2, 0) is 16.0 Å². The number of aromatic amines is 1. The van der Waals surface area contributed by atoms with E-state index in [0.717, 1.165) is 22.4 Å². The molecular formula is C25H23FN4O3. The molecule has 1 atom stereocenters. The molecule has 168 valence electrons. The van der Waals surface area contributed by atoms with Gasteiger partial charge >= 0.3 is 0 Å². The first-order valence-electron chi connectivity index (χ1n) is 10.7. The van der Waals surface area contributed by atoms with E-state index in [1.807, 2.05) is 36.8 Å². The van der Waals surface area contributed by atoms with Crippen LogP contribution >= 0.6 is 0 Å². The highest BCUT2D eigenvalue weighted by Gasteiger charge is 2.36. The van der Waals surface area contributed by atoms with Crippen molar-refractivity contribution in [1.29, 1.82) is 0 Å². The molecule has 0 bridgehead atoms. The minimum atomic E-state index is -0.588. The number of rotatable bonds is 6. The van der Waals surface area contributed by atoms with Gasteiger partial charge in [-0.3, -0.25) is 4.79 Å². The van der Waals surface area contributed by atoms with Gasteiger partial charge in [-0.2, -0.15) is 5.10 Å². The van der Waals surface area contributed by atoms with Crippen molar-refractivity contribution in [3.63, 3.8) is 0 Å². The molecule has 0 unspecified atom stereocenters. The van der Waals surface area contributed by atoms with Crippen molar-refractivity contribution < 1.29 is 19.0 Å². The number of aryl methyl sites for hydroxylation is 1. The van der Waals surface area contributed by atoms with E-state index in [1.54, 1.807) is 40.8 Å². The average molecular weight is 446 g/mol. The second kappa shape index (κ2) is 8.55. The van der Waals surface area contributed by atoms with Crippen LogP contribution in [0.15, 0.2) is 67.1 Å². The molecule has 8 heteroatoms. The Labute approximate surface area is 190 Å². The Hall–Kier alpha value is -3.91. The maximum Gasteiger partial charge on any atom is 0.250 e. The molecule has 7 nitrogen and oxygen atoms in total. The predicted octanol–water partition coefficient (Wildman–Crippen LogP) is 4.12. The van der Waals surface area contributed by atoms with Crippen molar-refractivity contribution in [2.24, 2.45) is 0 Å². The van der Waals surface area contributed by atoms with Gasteiger partial charge in [-0.25, -0.2) is 9.07 Å². The number of H-pyrrole nitrogens is 1. The Morgan fingerprint density at radius 1 is 1.21 bits per heavy atom. The van der Waals surface area contributed by atoms with Gasteiger partial charge in [0, 0.05) is 36.3 Å². The number of aromatic nitrogens is 3. The van der Waals surface area contributed by atoms with E-state index in [9.17, 15) is 14.3 Å². The van der Waals surface area contributed by atoms with Crippen molar-refractivity contribution in [3.05, 3.63) is 89.6 Å². The fourth-order valence-corrected chi connectivity index (χ4v) is 4.03. The maximum atomic E-state index is 13.8. The summed E-state index contributed by atoms with van der Waals surface area (Å²) in [6, 6.07) is 13.7. The van der Waals surface area contributed by atoms with Crippen LogP contribution in [0.4, 0.5) is 4.39 Å². The summed E-state index contributed by atoms with van der Waals surface area (Å²) in [7, 11) is 0. The van der Waals surface area contributed by atoms with Gasteiger partial charge in [0.05, 0.1) is 5.69 Å². The number of hydrogen-bond acceptors (Lipinski definition) is 4. The van der Waals surface area contributed by atoms with Crippen molar-refractivity contribution in [2.45, 2.75) is 19.6 Å². The average Bonchev–Trinajstić information content (AvgIpc) is 3.55. The van der Waals surface area contributed by atoms with Crippen molar-refractivity contribution in [1.82, 2.24) is 19.7 Å². The normalized spacial score (nSPS) is 16.0. The molecule has 1 aliphatic rings. The third-order valence-corrected chi connectivity index (χ3v) is 5.83. The Bertz CT molecular complexity index is 1280. The van der Waals surface area contributed by atoms with Crippen LogP contribution < -0.4 is 0 Å². The molecule has 1 amide bonds. The smallest absolute Gasteiger partial charge is 0.250 e. The van der Waals surface area contributed by atoms with Gasteiger partial charge in [-0.1, -0.05) is 12.1 Å². The van der Waals surface area contributed by atoms with Crippen LogP contribution in [0, 0.1) is 12.7 Å². The first-order chi connectivity index (χ1) is 16.0. The molecule has 1 saturated heterocycles. The molecule has 0 saturated carbocycles. The number of phenolic OH excluding ortho intramolecular Hbond substituents is 1. The van der Waals surface area contributed by atoms with Gasteiger partial charge in [-0.15, -0.1) is 0 Å². The Kier molecular flexibility index (Phi) is 5.43. The molecule has 0 radical (unpaired) electrons. The van der Waals surface area contributed by atoms with Gasteiger partial charge in [0.2, 0.25) is 0 Å². The van der Waals surface area contributed by atoms with E-state index in [0.29, 0.717) is 24.2 Å². The van der Waals surface area contributed by atoms with Crippen LogP contribution in [0.2, 0.25) is 0 Å². The first kappa shape index (κ1) is 21.0. The Morgan fingerprint density at radius 2 is 2.03 bits per heavy atom. The summed E-state index contributed by atoms with van der Waals surface area (Å²) in [5.41, 5.74) is 4.56. The van der Waals surface area contributed by atoms with Crippen LogP contribution in [0.25, 0.3) is 16.9 Å². The molecule has 5 rings (SSSR count). The lowest BCUT2D eigenvalue weighted by Crippen LogP contribution is -2.30. The van der Waals surface area contributed by atoms with E-state index in [2.05, 4.69) is 4.98 Å². The number of amides is 1. The highest BCUT2D eigenvalue weighted by Crippen LogP contribution is 2.35. The Morgan fingerprint density at radius 3 is 2.76 bits per heavy atom. The number of benzene rings is 2. The number of carbonyl (C=O) groups is 1. The summed E-state index contributed by atoms with van der Waals surface area (Å²) in [5, 5.41) is 14.3. The number of nitrogens with zero attached hydrogens (tertiary/aromatic N) is 3. The lowest BCUT2D eigenvalue weighted by Gasteiger charge is -2.23. The Balaban J connectivity index is 1.49. The third-order valence-electron chi connectivity index (χ3n) is 5.83. The summed E-state index contributed by atoms with van der Waals surface area (Å²) in [6.45, 7) is 2.16. The molecular weight excluding hydrogens is 423 g/mol. The molecule has 2 aromatic heterocycles. The van der Waals surface area contributed by atoms with Gasteiger partial charge in [0.15, 0.2) is 6.23 Å². The van der Waals surface area contributed by atoms with E-state index in [-0.39, 0.29) is 24.1 Å². The fourth-order valence-electron chi connectivity index (χ4n) is 4.03. The van der Waals surface area contributed by atoms with Crippen LogP contribution in [0.5, 0.6) is 5.75 Å². The van der Waals surface area contributed by atoms with Crippen LogP contribution in [-0.4, -0.2) is 43.8 Å². The van der Waals surface area contributed by atoms with Crippen LogP contribution in [0.3, 0.4) is 0 Å². The van der Waals surface area contributed by atoms with Gasteiger partial charge in [0.25, 0.3) is 5.91 Å². The first-order valence-corrected chi connectivity index (χ1v) is 10.7. The summed E-state index contributed by atoms with van der Waals surface area (Å²) in [5.74, 6) is -0.164. The van der Waals surface area contributed by atoms with Crippen molar-refractivity contribution >= 4 is 5.91 Å². The van der Waals surface area contributed by atoms with Gasteiger partial charge in [-0.05, 0) is 60.9 Å². The largest absolute Gasteiger partial charge is 0.508 e. The molecule has 0 spiro atoms. The SMILES string of the molecule is Cc1cc(-n2cc([C@H]3OCC(=O)N3CCc3ccc(O)cc3)c(-c3cc[nH]c3)n2)ccc1F. The zero-order valence-electron chi connectivity index (χ0n) is 18.0. The van der Waals surface area contributed by atoms with Crippen molar-refractivity contribution in [2.75, 3.05) is 13.2 Å². The molecule has 1 fully saturated rings. The molecule has 0 aliphatic carbocycles. The quantitative estimate of drug-likeness (QED) is 0.467. The number of halogens is 1. The van der Waals surface area contributed by atoms with E-state index in [4.69, 9.17) is 9.84 Å². The summed E-state index contributed by atoms with van der Waals surface area (Å²) < 4.78 is 21.4. The van der Waals surface area contributed by atoms with E-state index in [1.165, 1.54) is 6.07 Å². The van der Waals surface area contributed by atoms with Gasteiger partial charge < -0.3 is 19.7 Å². The minimum absolute atomic E-state index is 0.00629. The monoisotopic (exact) mass is 446 g/mol. The number of hydrogen-bond donors (Lipinski definition) is 2. The molecule has 2 N–H and O–H groups in total. The lowest BCUT2D eigenvalue weighted by atomic mass is 10.1. The standard InChI is InChI=1S/C25H23FN4O3/c1-16-12-19(4-7-22(16)26)30-14-21(24(28-30)18-8-10-27-13-18)25-29(23(32)15-33-25)11-9-17-2-5-20(31)6-3-17/h2-8,10,12-14,25,27,31H,9,11,15H2,1H3/t25-/m1/s1. The number of carbonyl (C=O) groups excluding carboxylic acids is 1. The zero-order chi connectivity index (χ0) is 22.9. The topological polar surface area (TPSA) is 83.4 Å². The highest BCUT2D eigenvalue weighted by molar-refractivity contribution is 5.80. The maximum absolute atomic E-state index is 13.8. The molecule has 33 heavy (non-hydrogen) atoms. The summed E-state index contributed by atoms with van der Waals surface area (Å²) in [6.07, 6.45) is 5.52. The second-order valence-electron chi connectivity index (χ2n) is 8.08. The number of aromatic hydroxyl groups is 1. The van der Waals surface area contributed by atoms with Gasteiger partial charge in [0.1, 0.15) is 23.9 Å².